The Morgan fingerprint density at radius 2 is 1.90 bits per heavy atom. The number of rotatable bonds is 2. The normalized spacial score (nSPS) is 18.1. The van der Waals surface area contributed by atoms with Crippen LogP contribution in [0.4, 0.5) is 11.4 Å². The molecule has 0 saturated carbocycles. The van der Waals surface area contributed by atoms with Gasteiger partial charge in [0, 0.05) is 48.7 Å². The van der Waals surface area contributed by atoms with Crippen LogP contribution in [0.2, 0.25) is 10.0 Å². The number of carbonyl (C=O) groups is 3. The van der Waals surface area contributed by atoms with Crippen molar-refractivity contribution >= 4 is 52.4 Å². The van der Waals surface area contributed by atoms with E-state index in [1.165, 1.54) is 0 Å². The number of amides is 2. The highest BCUT2D eigenvalue weighted by molar-refractivity contribution is 6.42. The third-order valence-electron chi connectivity index (χ3n) is 5.23. The number of halogens is 2. The Morgan fingerprint density at radius 3 is 2.63 bits per heavy atom. The Balaban J connectivity index is 1.39. The number of hydrogen-bond donors (Lipinski definition) is 1. The van der Waals surface area contributed by atoms with E-state index in [-0.39, 0.29) is 18.4 Å². The van der Waals surface area contributed by atoms with Gasteiger partial charge in [-0.05, 0) is 31.2 Å². The maximum atomic E-state index is 12.7. The van der Waals surface area contributed by atoms with Crippen molar-refractivity contribution in [2.24, 2.45) is 0 Å². The van der Waals surface area contributed by atoms with Gasteiger partial charge >= 0.3 is 17.8 Å². The minimum Gasteiger partial charge on any atom is -0.426 e. The Hall–Kier alpha value is -2.77. The number of nitrogens with zero attached hydrogens (tertiary/aromatic N) is 2. The smallest absolute Gasteiger partial charge is 0.315 e. The number of benzene rings is 2. The molecule has 1 atom stereocenters. The summed E-state index contributed by atoms with van der Waals surface area (Å²) in [6, 6.07) is 10.1. The van der Waals surface area contributed by atoms with E-state index in [0.29, 0.717) is 41.1 Å². The van der Waals surface area contributed by atoms with E-state index in [1.807, 2.05) is 13.0 Å². The summed E-state index contributed by atoms with van der Waals surface area (Å²) < 4.78 is 5.08. The van der Waals surface area contributed by atoms with Crippen molar-refractivity contribution in [2.45, 2.75) is 19.4 Å². The Labute approximate surface area is 183 Å². The zero-order valence-corrected chi connectivity index (χ0v) is 17.7. The first-order chi connectivity index (χ1) is 14.3. The molecule has 2 aromatic rings. The van der Waals surface area contributed by atoms with E-state index in [4.69, 9.17) is 27.9 Å². The van der Waals surface area contributed by atoms with Gasteiger partial charge in [-0.25, -0.2) is 0 Å². The average Bonchev–Trinajstić information content (AvgIpc) is 3.08. The van der Waals surface area contributed by atoms with Crippen molar-refractivity contribution < 1.29 is 19.1 Å². The minimum absolute atomic E-state index is 0.174. The van der Waals surface area contributed by atoms with Gasteiger partial charge < -0.3 is 19.9 Å². The molecule has 2 aliphatic heterocycles. The molecule has 1 fully saturated rings. The number of hydrogen-bond acceptors (Lipinski definition) is 5. The average molecular weight is 448 g/mol. The van der Waals surface area contributed by atoms with Crippen molar-refractivity contribution in [2.75, 3.05) is 29.9 Å². The quantitative estimate of drug-likeness (QED) is 0.434. The first kappa shape index (κ1) is 20.5. The lowest BCUT2D eigenvalue weighted by molar-refractivity contribution is -0.144. The van der Waals surface area contributed by atoms with E-state index < -0.39 is 11.8 Å². The third kappa shape index (κ3) is 4.08. The summed E-state index contributed by atoms with van der Waals surface area (Å²) in [5.41, 5.74) is 2.08. The predicted molar refractivity (Wildman–Crippen MR) is 114 cm³/mol. The first-order valence-electron chi connectivity index (χ1n) is 9.47. The van der Waals surface area contributed by atoms with Crippen LogP contribution >= 0.6 is 23.2 Å². The van der Waals surface area contributed by atoms with Crippen LogP contribution in [0.1, 0.15) is 12.5 Å². The van der Waals surface area contributed by atoms with Gasteiger partial charge in [0.25, 0.3) is 0 Å². The predicted octanol–water partition coefficient (Wildman–Crippen LogP) is 3.13. The highest BCUT2D eigenvalue weighted by Gasteiger charge is 2.31. The molecule has 30 heavy (non-hydrogen) atoms. The Kier molecular flexibility index (Phi) is 5.58. The molecule has 1 N–H and O–H groups in total. The summed E-state index contributed by atoms with van der Waals surface area (Å²) in [5, 5.41) is 3.55. The zero-order chi connectivity index (χ0) is 21.4. The Bertz CT molecular complexity index is 1040. The van der Waals surface area contributed by atoms with Crippen LogP contribution in [-0.4, -0.2) is 48.4 Å². The summed E-state index contributed by atoms with van der Waals surface area (Å²) >= 11 is 12.1. The lowest BCUT2D eigenvalue weighted by Gasteiger charge is -2.40. The number of nitrogens with one attached hydrogen (secondary N) is 1. The van der Waals surface area contributed by atoms with Gasteiger partial charge in [0.2, 0.25) is 0 Å². The molecule has 156 valence electrons. The van der Waals surface area contributed by atoms with Crippen LogP contribution in [0.15, 0.2) is 36.4 Å². The molecule has 0 spiro atoms. The molecule has 9 heteroatoms. The number of ether oxygens (including phenoxy) is 1. The molecule has 2 aromatic carbocycles. The second kappa shape index (κ2) is 8.16. The molecule has 0 bridgehead atoms. The number of carbonyl (C=O) groups excluding carboxylic acids is 3. The van der Waals surface area contributed by atoms with Crippen LogP contribution in [0.5, 0.6) is 5.75 Å². The van der Waals surface area contributed by atoms with Gasteiger partial charge in [-0.15, -0.1) is 0 Å². The van der Waals surface area contributed by atoms with Crippen molar-refractivity contribution in [3.63, 3.8) is 0 Å². The second-order valence-electron chi connectivity index (χ2n) is 7.32. The monoisotopic (exact) mass is 447 g/mol. The fraction of sp³-hybridized carbons (Fsp3) is 0.286. The summed E-state index contributed by atoms with van der Waals surface area (Å²) in [4.78, 5) is 40.2. The molecule has 0 unspecified atom stereocenters. The largest absolute Gasteiger partial charge is 0.426 e. The minimum atomic E-state index is -0.728. The van der Waals surface area contributed by atoms with E-state index >= 15 is 0 Å². The molecule has 7 nitrogen and oxygen atoms in total. The molecular formula is C21H19Cl2N3O4. The fourth-order valence-electron chi connectivity index (χ4n) is 3.68. The van der Waals surface area contributed by atoms with E-state index in [9.17, 15) is 14.4 Å². The lowest BCUT2D eigenvalue weighted by Crippen LogP contribution is -2.56. The maximum Gasteiger partial charge on any atom is 0.315 e. The third-order valence-corrected chi connectivity index (χ3v) is 5.97. The van der Waals surface area contributed by atoms with Crippen LogP contribution in [-0.2, 0) is 20.8 Å². The van der Waals surface area contributed by atoms with Crippen LogP contribution in [0.3, 0.4) is 0 Å². The summed E-state index contributed by atoms with van der Waals surface area (Å²) in [6.45, 7) is 3.42. The molecular weight excluding hydrogens is 429 g/mol. The van der Waals surface area contributed by atoms with E-state index in [2.05, 4.69) is 10.2 Å². The topological polar surface area (TPSA) is 79.0 Å². The maximum absolute atomic E-state index is 12.7. The summed E-state index contributed by atoms with van der Waals surface area (Å²) in [7, 11) is 0. The molecule has 2 heterocycles. The Morgan fingerprint density at radius 1 is 1.10 bits per heavy atom. The van der Waals surface area contributed by atoms with Gasteiger partial charge in [-0.1, -0.05) is 29.3 Å². The number of esters is 1. The van der Waals surface area contributed by atoms with Gasteiger partial charge in [0.1, 0.15) is 5.75 Å². The molecule has 4 rings (SSSR count). The second-order valence-corrected chi connectivity index (χ2v) is 8.13. The van der Waals surface area contributed by atoms with Gasteiger partial charge in [0.15, 0.2) is 0 Å². The molecule has 2 aliphatic rings. The molecule has 0 aromatic heterocycles. The summed E-state index contributed by atoms with van der Waals surface area (Å²) in [6.07, 6.45) is 0.211. The van der Waals surface area contributed by atoms with Crippen LogP contribution < -0.4 is 15.0 Å². The van der Waals surface area contributed by atoms with Crippen molar-refractivity contribution in [1.82, 2.24) is 4.90 Å². The van der Waals surface area contributed by atoms with Crippen molar-refractivity contribution in [1.29, 1.82) is 0 Å². The van der Waals surface area contributed by atoms with Crippen molar-refractivity contribution in [3.05, 3.63) is 52.0 Å². The van der Waals surface area contributed by atoms with E-state index in [0.717, 1.165) is 11.3 Å². The van der Waals surface area contributed by atoms with Crippen LogP contribution in [0, 0.1) is 0 Å². The summed E-state index contributed by atoms with van der Waals surface area (Å²) in [5.74, 6) is -1.25. The molecule has 1 saturated heterocycles. The van der Waals surface area contributed by atoms with Crippen molar-refractivity contribution in [3.8, 4) is 5.75 Å². The SMILES string of the molecule is C[C@@H]1CN(c2ccc(Cl)c(Cl)c2)CCN1C(=O)C(=O)Nc1ccc2c(c1)OC(=O)C2. The first-order valence-corrected chi connectivity index (χ1v) is 10.2. The zero-order valence-electron chi connectivity index (χ0n) is 16.2. The van der Waals surface area contributed by atoms with Gasteiger partial charge in [-0.3, -0.25) is 14.4 Å². The van der Waals surface area contributed by atoms with E-state index in [1.54, 1.807) is 35.2 Å². The fourth-order valence-corrected chi connectivity index (χ4v) is 3.97. The highest BCUT2D eigenvalue weighted by Crippen LogP contribution is 2.30. The number of piperazine rings is 1. The number of anilines is 2. The molecule has 2 amide bonds. The highest BCUT2D eigenvalue weighted by atomic mass is 35.5. The number of fused-ring (bicyclic) bond motifs is 1. The standard InChI is InChI=1S/C21H19Cl2N3O4/c1-12-11-25(15-4-5-16(22)17(23)10-15)6-7-26(12)21(29)20(28)24-14-3-2-13-8-19(27)30-18(13)9-14/h2-5,9-10,12H,6-8,11H2,1H3,(H,24,28)/t12-/m1/s1. The van der Waals surface area contributed by atoms with Gasteiger partial charge in [0.05, 0.1) is 16.5 Å². The van der Waals surface area contributed by atoms with Crippen LogP contribution in [0.25, 0.3) is 0 Å². The van der Waals surface area contributed by atoms with Gasteiger partial charge in [-0.2, -0.15) is 0 Å². The lowest BCUT2D eigenvalue weighted by atomic mass is 10.1. The molecule has 0 aliphatic carbocycles. The molecule has 0 radical (unpaired) electrons.